The molecule has 0 aromatic carbocycles. The van der Waals surface area contributed by atoms with Gasteiger partial charge in [-0.25, -0.2) is 0 Å². The second-order valence-corrected chi connectivity index (χ2v) is 4.21. The first-order chi connectivity index (χ1) is 7.22. The summed E-state index contributed by atoms with van der Waals surface area (Å²) in [6.45, 7) is 0.595. The quantitative estimate of drug-likeness (QED) is 0.616. The molecule has 0 spiro atoms. The van der Waals surface area contributed by atoms with E-state index in [1.54, 1.807) is 7.05 Å². The second-order valence-electron chi connectivity index (χ2n) is 3.80. The maximum Gasteiger partial charge on any atom is 0.221 e. The number of rotatable bonds is 4. The molecule has 0 aromatic heterocycles. The maximum atomic E-state index is 10.9. The number of carbonyl (C=O) groups is 1. The molecule has 1 aliphatic carbocycles. The van der Waals surface area contributed by atoms with Gasteiger partial charge in [-0.3, -0.25) is 4.79 Å². The molecular formula is C10H19N3OS. The summed E-state index contributed by atoms with van der Waals surface area (Å²) in [7, 11) is 1.64. The number of hydrogen-bond acceptors (Lipinski definition) is 2. The van der Waals surface area contributed by atoms with Gasteiger partial charge in [0.25, 0.3) is 0 Å². The van der Waals surface area contributed by atoms with Crippen LogP contribution in [-0.4, -0.2) is 30.7 Å². The molecule has 0 aromatic rings. The molecule has 0 unspecified atom stereocenters. The van der Waals surface area contributed by atoms with Crippen LogP contribution in [0.25, 0.3) is 0 Å². The second kappa shape index (κ2) is 6.61. The molecule has 0 radical (unpaired) electrons. The third-order valence-corrected chi connectivity index (χ3v) is 2.87. The molecule has 1 rings (SSSR count). The van der Waals surface area contributed by atoms with Gasteiger partial charge in [-0.05, 0) is 25.1 Å². The summed E-state index contributed by atoms with van der Waals surface area (Å²) in [5, 5.41) is 9.53. The third-order valence-electron chi connectivity index (χ3n) is 2.61. The first-order valence-corrected chi connectivity index (χ1v) is 5.88. The molecule has 0 aliphatic heterocycles. The monoisotopic (exact) mass is 229 g/mol. The van der Waals surface area contributed by atoms with Gasteiger partial charge < -0.3 is 16.0 Å². The van der Waals surface area contributed by atoms with Crippen molar-refractivity contribution in [2.45, 2.75) is 38.1 Å². The maximum absolute atomic E-state index is 10.9. The lowest BCUT2D eigenvalue weighted by atomic mass is 10.3. The fourth-order valence-electron chi connectivity index (χ4n) is 1.72. The molecule has 86 valence electrons. The highest BCUT2D eigenvalue weighted by Crippen LogP contribution is 2.17. The van der Waals surface area contributed by atoms with E-state index in [1.165, 1.54) is 25.7 Å². The van der Waals surface area contributed by atoms with Gasteiger partial charge in [0, 0.05) is 26.1 Å². The van der Waals surface area contributed by atoms with Crippen molar-refractivity contribution in [2.75, 3.05) is 13.6 Å². The molecule has 15 heavy (non-hydrogen) atoms. The lowest BCUT2D eigenvalue weighted by Gasteiger charge is -2.15. The van der Waals surface area contributed by atoms with Crippen molar-refractivity contribution in [3.63, 3.8) is 0 Å². The van der Waals surface area contributed by atoms with E-state index in [0.29, 0.717) is 24.1 Å². The summed E-state index contributed by atoms with van der Waals surface area (Å²) < 4.78 is 0. The van der Waals surface area contributed by atoms with Crippen molar-refractivity contribution in [3.8, 4) is 0 Å². The van der Waals surface area contributed by atoms with Gasteiger partial charge in [0.05, 0.1) is 0 Å². The standard InChI is InChI=1S/C10H19N3OS/c1-11-9(14)6-7-12-10(15)13-8-4-2-3-5-8/h8H,2-7H2,1H3,(H,11,14)(H2,12,13,15). The van der Waals surface area contributed by atoms with Crippen LogP contribution in [0.4, 0.5) is 0 Å². The van der Waals surface area contributed by atoms with Gasteiger partial charge in [-0.2, -0.15) is 0 Å². The summed E-state index contributed by atoms with van der Waals surface area (Å²) >= 11 is 5.12. The van der Waals surface area contributed by atoms with E-state index in [9.17, 15) is 4.79 Å². The SMILES string of the molecule is CNC(=O)CCNC(=S)NC1CCCC1. The van der Waals surface area contributed by atoms with Crippen LogP contribution in [0.2, 0.25) is 0 Å². The van der Waals surface area contributed by atoms with E-state index < -0.39 is 0 Å². The molecule has 0 heterocycles. The Hall–Kier alpha value is -0.840. The Kier molecular flexibility index (Phi) is 5.39. The fourth-order valence-corrected chi connectivity index (χ4v) is 1.99. The highest BCUT2D eigenvalue weighted by Gasteiger charge is 2.15. The molecule has 1 saturated carbocycles. The molecule has 1 fully saturated rings. The first kappa shape index (κ1) is 12.2. The Morgan fingerprint density at radius 3 is 2.67 bits per heavy atom. The molecule has 0 saturated heterocycles. The van der Waals surface area contributed by atoms with Crippen molar-refractivity contribution in [3.05, 3.63) is 0 Å². The Balaban J connectivity index is 2.05. The molecule has 1 aliphatic rings. The lowest BCUT2D eigenvalue weighted by Crippen LogP contribution is -2.41. The van der Waals surface area contributed by atoms with Gasteiger partial charge in [0.1, 0.15) is 0 Å². The highest BCUT2D eigenvalue weighted by atomic mass is 32.1. The van der Waals surface area contributed by atoms with Crippen LogP contribution >= 0.6 is 12.2 Å². The van der Waals surface area contributed by atoms with Gasteiger partial charge >= 0.3 is 0 Å². The van der Waals surface area contributed by atoms with Crippen LogP contribution in [0.1, 0.15) is 32.1 Å². The Morgan fingerprint density at radius 2 is 2.07 bits per heavy atom. The molecule has 4 nitrogen and oxygen atoms in total. The summed E-state index contributed by atoms with van der Waals surface area (Å²) in [4.78, 5) is 10.9. The summed E-state index contributed by atoms with van der Waals surface area (Å²) in [6.07, 6.45) is 5.45. The Bertz CT molecular complexity index is 227. The zero-order valence-electron chi connectivity index (χ0n) is 9.14. The predicted molar refractivity (Wildman–Crippen MR) is 64.7 cm³/mol. The van der Waals surface area contributed by atoms with Crippen molar-refractivity contribution < 1.29 is 4.79 Å². The van der Waals surface area contributed by atoms with Crippen LogP contribution in [-0.2, 0) is 4.79 Å². The van der Waals surface area contributed by atoms with Gasteiger partial charge in [0.15, 0.2) is 5.11 Å². The van der Waals surface area contributed by atoms with E-state index in [4.69, 9.17) is 12.2 Å². The molecule has 0 bridgehead atoms. The summed E-state index contributed by atoms with van der Waals surface area (Å²) in [6, 6.07) is 0.532. The zero-order valence-corrected chi connectivity index (χ0v) is 9.95. The number of hydrogen-bond donors (Lipinski definition) is 3. The van der Waals surface area contributed by atoms with E-state index in [1.807, 2.05) is 0 Å². The average molecular weight is 229 g/mol. The van der Waals surface area contributed by atoms with E-state index in [2.05, 4.69) is 16.0 Å². The minimum Gasteiger partial charge on any atom is -0.362 e. The van der Waals surface area contributed by atoms with Crippen LogP contribution in [0, 0.1) is 0 Å². The first-order valence-electron chi connectivity index (χ1n) is 5.47. The molecule has 1 amide bonds. The molecule has 3 N–H and O–H groups in total. The normalized spacial score (nSPS) is 16.1. The topological polar surface area (TPSA) is 53.2 Å². The Labute approximate surface area is 96.2 Å². The Morgan fingerprint density at radius 1 is 1.40 bits per heavy atom. The van der Waals surface area contributed by atoms with Crippen molar-refractivity contribution in [2.24, 2.45) is 0 Å². The van der Waals surface area contributed by atoms with E-state index in [0.717, 1.165) is 0 Å². The summed E-state index contributed by atoms with van der Waals surface area (Å²) in [5.74, 6) is 0.0335. The number of nitrogens with one attached hydrogen (secondary N) is 3. The number of thiocarbonyl (C=S) groups is 1. The van der Waals surface area contributed by atoms with Crippen LogP contribution in [0.5, 0.6) is 0 Å². The smallest absolute Gasteiger partial charge is 0.221 e. The highest BCUT2D eigenvalue weighted by molar-refractivity contribution is 7.80. The zero-order chi connectivity index (χ0) is 11.1. The van der Waals surface area contributed by atoms with Gasteiger partial charge in [0.2, 0.25) is 5.91 Å². The predicted octanol–water partition coefficient (Wildman–Crippen LogP) is 0.529. The average Bonchev–Trinajstić information content (AvgIpc) is 2.70. The van der Waals surface area contributed by atoms with Crippen LogP contribution in [0.15, 0.2) is 0 Å². The molecular weight excluding hydrogens is 210 g/mol. The van der Waals surface area contributed by atoms with Gasteiger partial charge in [-0.1, -0.05) is 12.8 Å². The molecule has 0 atom stereocenters. The largest absolute Gasteiger partial charge is 0.362 e. The van der Waals surface area contributed by atoms with Crippen LogP contribution in [0.3, 0.4) is 0 Å². The minimum absolute atomic E-state index is 0.0335. The fraction of sp³-hybridized carbons (Fsp3) is 0.800. The van der Waals surface area contributed by atoms with Crippen molar-refractivity contribution in [1.29, 1.82) is 0 Å². The van der Waals surface area contributed by atoms with Crippen molar-refractivity contribution in [1.82, 2.24) is 16.0 Å². The van der Waals surface area contributed by atoms with Crippen LogP contribution < -0.4 is 16.0 Å². The molecule has 5 heteroatoms. The number of amides is 1. The van der Waals surface area contributed by atoms with E-state index >= 15 is 0 Å². The minimum atomic E-state index is 0.0335. The third kappa shape index (κ3) is 4.97. The summed E-state index contributed by atoms with van der Waals surface area (Å²) in [5.41, 5.74) is 0. The van der Waals surface area contributed by atoms with Crippen molar-refractivity contribution >= 4 is 23.2 Å². The van der Waals surface area contributed by atoms with E-state index in [-0.39, 0.29) is 5.91 Å². The lowest BCUT2D eigenvalue weighted by molar-refractivity contribution is -0.120. The van der Waals surface area contributed by atoms with Gasteiger partial charge in [-0.15, -0.1) is 0 Å². The number of carbonyl (C=O) groups excluding carboxylic acids is 1.